The number of pyridine rings is 1. The summed E-state index contributed by atoms with van der Waals surface area (Å²) in [6, 6.07) is 10.9. The highest BCUT2D eigenvalue weighted by atomic mass is 32.2. The summed E-state index contributed by atoms with van der Waals surface area (Å²) < 4.78 is 24.9. The van der Waals surface area contributed by atoms with Gasteiger partial charge in [0.05, 0.1) is 6.26 Å². The zero-order valence-corrected chi connectivity index (χ0v) is 13.2. The number of rotatable bonds is 5. The number of hydrogen-bond acceptors (Lipinski definition) is 4. The molecular weight excluding hydrogens is 314 g/mol. The number of aromatic amines is 1. The predicted molar refractivity (Wildman–Crippen MR) is 89.8 cm³/mol. The van der Waals surface area contributed by atoms with Crippen LogP contribution < -0.4 is 4.72 Å². The third-order valence-electron chi connectivity index (χ3n) is 3.39. The van der Waals surface area contributed by atoms with Crippen molar-refractivity contribution in [3.8, 4) is 11.1 Å². The Kier molecular flexibility index (Phi) is 3.87. The molecule has 7 heteroatoms. The first-order valence-electron chi connectivity index (χ1n) is 6.95. The Morgan fingerprint density at radius 3 is 2.61 bits per heavy atom. The number of fused-ring (bicyclic) bond motifs is 1. The lowest BCUT2D eigenvalue weighted by atomic mass is 10.0. The molecular formula is C16H15N3O3S. The Morgan fingerprint density at radius 2 is 1.96 bits per heavy atom. The van der Waals surface area contributed by atoms with Crippen molar-refractivity contribution in [1.82, 2.24) is 9.97 Å². The molecule has 0 radical (unpaired) electrons. The number of anilines is 1. The first-order chi connectivity index (χ1) is 11.0. The third-order valence-corrected chi connectivity index (χ3v) is 4.00. The molecule has 0 saturated heterocycles. The van der Waals surface area contributed by atoms with Gasteiger partial charge < -0.3 is 9.78 Å². The van der Waals surface area contributed by atoms with Crippen LogP contribution in [0, 0.1) is 0 Å². The molecule has 23 heavy (non-hydrogen) atoms. The lowest BCUT2D eigenvalue weighted by Crippen LogP contribution is -2.09. The number of aromatic nitrogens is 2. The third kappa shape index (κ3) is 3.40. The van der Waals surface area contributed by atoms with E-state index >= 15 is 0 Å². The maximum absolute atomic E-state index is 11.2. The number of carbonyl (C=O) groups is 1. The molecule has 0 saturated carbocycles. The number of sulfonamides is 1. The quantitative estimate of drug-likeness (QED) is 0.703. The van der Waals surface area contributed by atoms with Gasteiger partial charge >= 0.3 is 0 Å². The van der Waals surface area contributed by atoms with E-state index in [1.807, 2.05) is 24.3 Å². The van der Waals surface area contributed by atoms with Crippen molar-refractivity contribution >= 4 is 33.0 Å². The van der Waals surface area contributed by atoms with Gasteiger partial charge in [0.1, 0.15) is 11.9 Å². The Labute approximate surface area is 133 Å². The molecule has 3 aromatic rings. The molecule has 118 valence electrons. The number of aldehydes is 1. The van der Waals surface area contributed by atoms with Gasteiger partial charge in [0.25, 0.3) is 0 Å². The fraction of sp³-hybridized carbons (Fsp3) is 0.125. The highest BCUT2D eigenvalue weighted by Gasteiger charge is 2.09. The van der Waals surface area contributed by atoms with E-state index in [0.29, 0.717) is 12.1 Å². The fourth-order valence-electron chi connectivity index (χ4n) is 2.46. The van der Waals surface area contributed by atoms with Crippen LogP contribution in [0.3, 0.4) is 0 Å². The molecule has 0 aliphatic heterocycles. The molecule has 6 nitrogen and oxygen atoms in total. The highest BCUT2D eigenvalue weighted by molar-refractivity contribution is 7.92. The van der Waals surface area contributed by atoms with Gasteiger partial charge in [0.15, 0.2) is 0 Å². The summed E-state index contributed by atoms with van der Waals surface area (Å²) in [5.41, 5.74) is 3.95. The number of nitrogens with one attached hydrogen (secondary N) is 2. The zero-order valence-electron chi connectivity index (χ0n) is 12.4. The summed E-state index contributed by atoms with van der Waals surface area (Å²) in [6.45, 7) is 0. The van der Waals surface area contributed by atoms with Crippen LogP contribution in [0.25, 0.3) is 22.2 Å². The summed E-state index contributed by atoms with van der Waals surface area (Å²) in [6.07, 6.45) is 3.96. The second-order valence-corrected chi connectivity index (χ2v) is 6.99. The highest BCUT2D eigenvalue weighted by Crippen LogP contribution is 2.29. The second-order valence-electron chi connectivity index (χ2n) is 5.24. The van der Waals surface area contributed by atoms with E-state index in [4.69, 9.17) is 0 Å². The van der Waals surface area contributed by atoms with Crippen molar-refractivity contribution in [2.24, 2.45) is 0 Å². The molecule has 2 N–H and O–H groups in total. The van der Waals surface area contributed by atoms with Crippen LogP contribution in [-0.4, -0.2) is 30.9 Å². The monoisotopic (exact) mass is 329 g/mol. The van der Waals surface area contributed by atoms with Gasteiger partial charge in [-0.2, -0.15) is 0 Å². The number of hydrogen-bond donors (Lipinski definition) is 2. The molecule has 0 unspecified atom stereocenters. The predicted octanol–water partition coefficient (Wildman–Crippen LogP) is 2.34. The Hall–Kier alpha value is -2.67. The summed E-state index contributed by atoms with van der Waals surface area (Å²) in [4.78, 5) is 18.0. The molecule has 0 aliphatic carbocycles. The number of nitrogens with zero attached hydrogens (tertiary/aromatic N) is 1. The average Bonchev–Trinajstić information content (AvgIpc) is 2.89. The topological polar surface area (TPSA) is 91.9 Å². The zero-order chi connectivity index (χ0) is 16.4. The van der Waals surface area contributed by atoms with Crippen LogP contribution >= 0.6 is 0 Å². The minimum Gasteiger partial charge on any atom is -0.343 e. The lowest BCUT2D eigenvalue weighted by molar-refractivity contribution is -0.107. The van der Waals surface area contributed by atoms with Crippen molar-refractivity contribution < 1.29 is 13.2 Å². The van der Waals surface area contributed by atoms with Crippen LogP contribution in [0.5, 0.6) is 0 Å². The van der Waals surface area contributed by atoms with Crippen molar-refractivity contribution in [3.05, 3.63) is 48.3 Å². The number of benzene rings is 1. The summed E-state index contributed by atoms with van der Waals surface area (Å²) in [5.74, 6) is 0. The van der Waals surface area contributed by atoms with Gasteiger partial charge in [-0.3, -0.25) is 4.72 Å². The summed E-state index contributed by atoms with van der Waals surface area (Å²) in [7, 11) is -3.29. The first kappa shape index (κ1) is 15.2. The van der Waals surface area contributed by atoms with E-state index in [0.717, 1.165) is 40.4 Å². The SMILES string of the molecule is CS(=O)(=O)Nc1ccc(-c2ccnc3[nH]c(CC=O)cc23)cc1. The van der Waals surface area contributed by atoms with Crippen LogP contribution in [0.2, 0.25) is 0 Å². The Morgan fingerprint density at radius 1 is 1.22 bits per heavy atom. The van der Waals surface area contributed by atoms with Gasteiger partial charge in [-0.05, 0) is 35.4 Å². The van der Waals surface area contributed by atoms with Crippen molar-refractivity contribution in [2.75, 3.05) is 11.0 Å². The average molecular weight is 329 g/mol. The smallest absolute Gasteiger partial charge is 0.229 e. The van der Waals surface area contributed by atoms with E-state index < -0.39 is 10.0 Å². The Bertz CT molecular complexity index is 960. The van der Waals surface area contributed by atoms with E-state index in [1.54, 1.807) is 18.3 Å². The van der Waals surface area contributed by atoms with Gasteiger partial charge in [-0.1, -0.05) is 12.1 Å². The van der Waals surface area contributed by atoms with Crippen LogP contribution in [-0.2, 0) is 21.2 Å². The fourth-order valence-corrected chi connectivity index (χ4v) is 3.03. The van der Waals surface area contributed by atoms with Crippen LogP contribution in [0.1, 0.15) is 5.69 Å². The molecule has 2 heterocycles. The summed E-state index contributed by atoms with van der Waals surface area (Å²) >= 11 is 0. The molecule has 1 aromatic carbocycles. The number of H-pyrrole nitrogens is 1. The molecule has 2 aromatic heterocycles. The number of carbonyl (C=O) groups excluding carboxylic acids is 1. The standard InChI is InChI=1S/C16H15N3O3S/c1-23(21,22)19-12-4-2-11(3-5-12)14-6-8-17-16-15(14)10-13(18-16)7-9-20/h2-6,8-10,19H,7H2,1H3,(H,17,18). The Balaban J connectivity index is 2.01. The van der Waals surface area contributed by atoms with E-state index in [-0.39, 0.29) is 0 Å². The first-order valence-corrected chi connectivity index (χ1v) is 8.84. The van der Waals surface area contributed by atoms with E-state index in [1.165, 1.54) is 0 Å². The molecule has 0 aliphatic rings. The molecule has 0 bridgehead atoms. The summed E-state index contributed by atoms with van der Waals surface area (Å²) in [5, 5.41) is 0.924. The molecule has 0 atom stereocenters. The van der Waals surface area contributed by atoms with Gasteiger partial charge in [0, 0.05) is 29.4 Å². The van der Waals surface area contributed by atoms with Gasteiger partial charge in [0.2, 0.25) is 10.0 Å². The molecule has 0 fully saturated rings. The lowest BCUT2D eigenvalue weighted by Gasteiger charge is -2.06. The van der Waals surface area contributed by atoms with Crippen LogP contribution in [0.15, 0.2) is 42.6 Å². The van der Waals surface area contributed by atoms with Crippen LogP contribution in [0.4, 0.5) is 5.69 Å². The maximum atomic E-state index is 11.2. The van der Waals surface area contributed by atoms with E-state index in [2.05, 4.69) is 14.7 Å². The molecule has 0 spiro atoms. The molecule has 0 amide bonds. The second kappa shape index (κ2) is 5.85. The van der Waals surface area contributed by atoms with E-state index in [9.17, 15) is 13.2 Å². The minimum atomic E-state index is -3.29. The van der Waals surface area contributed by atoms with Crippen molar-refractivity contribution in [3.63, 3.8) is 0 Å². The minimum absolute atomic E-state index is 0.313. The largest absolute Gasteiger partial charge is 0.343 e. The van der Waals surface area contributed by atoms with Gasteiger partial charge in [-0.15, -0.1) is 0 Å². The maximum Gasteiger partial charge on any atom is 0.229 e. The van der Waals surface area contributed by atoms with Gasteiger partial charge in [-0.25, -0.2) is 13.4 Å². The molecule has 3 rings (SSSR count). The normalized spacial score (nSPS) is 11.5. The van der Waals surface area contributed by atoms with Crippen molar-refractivity contribution in [1.29, 1.82) is 0 Å². The van der Waals surface area contributed by atoms with Crippen molar-refractivity contribution in [2.45, 2.75) is 6.42 Å².